The number of carbonyl (C=O) groups excluding carboxylic acids is 1. The first-order chi connectivity index (χ1) is 15.0. The second-order valence-electron chi connectivity index (χ2n) is 8.52. The normalized spacial score (nSPS) is 18.9. The van der Waals surface area contributed by atoms with E-state index in [1.807, 2.05) is 4.90 Å². The Kier molecular flexibility index (Phi) is 8.58. The maximum absolute atomic E-state index is 12.7. The van der Waals surface area contributed by atoms with E-state index in [0.717, 1.165) is 88.9 Å². The van der Waals surface area contributed by atoms with Crippen molar-refractivity contribution in [2.24, 2.45) is 4.99 Å². The minimum absolute atomic E-state index is 0.0312. The highest BCUT2D eigenvalue weighted by atomic mass is 16.5. The Morgan fingerprint density at radius 1 is 1.13 bits per heavy atom. The van der Waals surface area contributed by atoms with Crippen molar-refractivity contribution < 1.29 is 9.53 Å². The summed E-state index contributed by atoms with van der Waals surface area (Å²) in [5.74, 6) is 2.20. The molecule has 2 heterocycles. The summed E-state index contributed by atoms with van der Waals surface area (Å²) in [4.78, 5) is 24.3. The Labute approximate surface area is 187 Å². The van der Waals surface area contributed by atoms with Crippen LogP contribution in [0.1, 0.15) is 37.8 Å². The maximum Gasteiger partial charge on any atom is 0.239 e. The molecule has 0 spiro atoms. The van der Waals surface area contributed by atoms with Gasteiger partial charge in [0.05, 0.1) is 13.2 Å². The molecule has 1 aromatic rings. The number of nitrogens with zero attached hydrogens (tertiary/aromatic N) is 4. The van der Waals surface area contributed by atoms with Crippen molar-refractivity contribution >= 4 is 11.9 Å². The highest BCUT2D eigenvalue weighted by molar-refractivity contribution is 5.82. The lowest BCUT2D eigenvalue weighted by Crippen LogP contribution is -2.57. The van der Waals surface area contributed by atoms with Crippen LogP contribution in [0, 0.1) is 6.92 Å². The maximum atomic E-state index is 12.7. The number of aryl methyl sites for hydroxylation is 1. The van der Waals surface area contributed by atoms with E-state index < -0.39 is 0 Å². The molecule has 1 atom stereocenters. The summed E-state index contributed by atoms with van der Waals surface area (Å²) in [7, 11) is 1.72. The Bertz CT molecular complexity index is 752. The first-order valence-corrected chi connectivity index (χ1v) is 11.7. The van der Waals surface area contributed by atoms with Crippen molar-refractivity contribution in [3.8, 4) is 5.75 Å². The van der Waals surface area contributed by atoms with E-state index in [1.54, 1.807) is 7.11 Å². The molecule has 2 fully saturated rings. The van der Waals surface area contributed by atoms with E-state index in [0.29, 0.717) is 5.91 Å². The summed E-state index contributed by atoms with van der Waals surface area (Å²) in [6, 6.07) is 6.33. The number of rotatable bonds is 7. The molecule has 31 heavy (non-hydrogen) atoms. The largest absolute Gasteiger partial charge is 0.496 e. The molecule has 172 valence electrons. The fourth-order valence-corrected chi connectivity index (χ4v) is 4.42. The van der Waals surface area contributed by atoms with Gasteiger partial charge in [0.1, 0.15) is 5.75 Å². The molecule has 0 radical (unpaired) electrons. The minimum Gasteiger partial charge on any atom is -0.496 e. The number of hydrogen-bond acceptors (Lipinski definition) is 4. The third kappa shape index (κ3) is 6.12. The molecule has 0 bridgehead atoms. The molecule has 1 amide bonds. The third-order valence-electron chi connectivity index (χ3n) is 6.41. The van der Waals surface area contributed by atoms with E-state index in [9.17, 15) is 4.79 Å². The number of hydrogen-bond donors (Lipinski definition) is 1. The summed E-state index contributed by atoms with van der Waals surface area (Å²) in [6.07, 6.45) is 3.17. The first-order valence-electron chi connectivity index (χ1n) is 11.7. The molecule has 3 rings (SSSR count). The van der Waals surface area contributed by atoms with Crippen molar-refractivity contribution in [2.45, 2.75) is 46.1 Å². The number of benzene rings is 1. The van der Waals surface area contributed by atoms with Gasteiger partial charge in [0, 0.05) is 52.4 Å². The highest BCUT2D eigenvalue weighted by Gasteiger charge is 2.30. The lowest BCUT2D eigenvalue weighted by molar-refractivity contribution is -0.135. The van der Waals surface area contributed by atoms with Gasteiger partial charge in [0.25, 0.3) is 0 Å². The molecule has 7 heteroatoms. The summed E-state index contributed by atoms with van der Waals surface area (Å²) in [5.41, 5.74) is 2.39. The molecule has 2 aliphatic rings. The molecule has 1 N–H and O–H groups in total. The van der Waals surface area contributed by atoms with Crippen LogP contribution < -0.4 is 10.1 Å². The van der Waals surface area contributed by atoms with Crippen LogP contribution in [-0.2, 0) is 11.2 Å². The van der Waals surface area contributed by atoms with Crippen molar-refractivity contribution in [2.75, 3.05) is 59.5 Å². The van der Waals surface area contributed by atoms with Crippen molar-refractivity contribution in [1.82, 2.24) is 20.0 Å². The number of carbonyl (C=O) groups is 1. The van der Waals surface area contributed by atoms with E-state index in [4.69, 9.17) is 9.73 Å². The summed E-state index contributed by atoms with van der Waals surface area (Å²) < 4.78 is 5.44. The van der Waals surface area contributed by atoms with Crippen molar-refractivity contribution in [3.05, 3.63) is 29.3 Å². The van der Waals surface area contributed by atoms with Gasteiger partial charge in [0.2, 0.25) is 5.91 Å². The molecule has 0 saturated carbocycles. The zero-order valence-electron chi connectivity index (χ0n) is 19.7. The van der Waals surface area contributed by atoms with Gasteiger partial charge in [-0.1, -0.05) is 12.1 Å². The van der Waals surface area contributed by atoms with Gasteiger partial charge >= 0.3 is 0 Å². The second-order valence-corrected chi connectivity index (χ2v) is 8.52. The number of guanidine groups is 1. The summed E-state index contributed by atoms with van der Waals surface area (Å²) in [6.45, 7) is 13.2. The molecule has 1 aromatic carbocycles. The van der Waals surface area contributed by atoms with Gasteiger partial charge < -0.3 is 19.9 Å². The average Bonchev–Trinajstić information content (AvgIpc) is 3.34. The van der Waals surface area contributed by atoms with Crippen LogP contribution in [0.4, 0.5) is 0 Å². The predicted molar refractivity (Wildman–Crippen MR) is 126 cm³/mol. The van der Waals surface area contributed by atoms with E-state index in [1.165, 1.54) is 5.56 Å². The fourth-order valence-electron chi connectivity index (χ4n) is 4.42. The van der Waals surface area contributed by atoms with E-state index in [-0.39, 0.29) is 6.04 Å². The number of ether oxygens (including phenoxy) is 1. The lowest BCUT2D eigenvalue weighted by atomic mass is 10.1. The smallest absolute Gasteiger partial charge is 0.239 e. The number of nitrogens with one attached hydrogen (secondary N) is 1. The van der Waals surface area contributed by atoms with Gasteiger partial charge in [0.15, 0.2) is 5.96 Å². The van der Waals surface area contributed by atoms with Crippen LogP contribution in [0.15, 0.2) is 23.2 Å². The lowest BCUT2D eigenvalue weighted by Gasteiger charge is -2.39. The van der Waals surface area contributed by atoms with Crippen molar-refractivity contribution in [1.29, 1.82) is 0 Å². The average molecular weight is 430 g/mol. The first kappa shape index (κ1) is 23.4. The Balaban J connectivity index is 1.52. The molecular weight excluding hydrogens is 390 g/mol. The number of aliphatic imine (C=N–C) groups is 1. The van der Waals surface area contributed by atoms with Crippen LogP contribution >= 0.6 is 0 Å². The third-order valence-corrected chi connectivity index (χ3v) is 6.41. The van der Waals surface area contributed by atoms with Crippen molar-refractivity contribution in [3.63, 3.8) is 0 Å². The molecule has 0 aromatic heterocycles. The standard InChI is InChI=1S/C24H39N5O2/c1-5-25-24(26-11-10-21-9-8-19(2)22(18-21)31-4)29-16-14-27(15-17-29)20(3)23(30)28-12-6-7-13-28/h8-9,18,20H,5-7,10-17H2,1-4H3,(H,25,26). The van der Waals surface area contributed by atoms with E-state index in [2.05, 4.69) is 54.1 Å². The zero-order chi connectivity index (χ0) is 22.2. The van der Waals surface area contributed by atoms with Gasteiger partial charge in [-0.05, 0) is 57.2 Å². The minimum atomic E-state index is -0.0312. The van der Waals surface area contributed by atoms with Gasteiger partial charge in [-0.15, -0.1) is 0 Å². The second kappa shape index (κ2) is 11.4. The topological polar surface area (TPSA) is 60.4 Å². The van der Waals surface area contributed by atoms with Gasteiger partial charge in [-0.2, -0.15) is 0 Å². The number of amides is 1. The Hall–Kier alpha value is -2.28. The summed E-state index contributed by atoms with van der Waals surface area (Å²) >= 11 is 0. The van der Waals surface area contributed by atoms with Crippen LogP contribution in [-0.4, -0.2) is 92.1 Å². The zero-order valence-corrected chi connectivity index (χ0v) is 19.7. The van der Waals surface area contributed by atoms with E-state index >= 15 is 0 Å². The van der Waals surface area contributed by atoms with Crippen LogP contribution in [0.5, 0.6) is 5.75 Å². The molecule has 0 aliphatic carbocycles. The number of methoxy groups -OCH3 is 1. The number of likely N-dealkylation sites (tertiary alicyclic amines) is 1. The molecule has 1 unspecified atom stereocenters. The quantitative estimate of drug-likeness (QED) is 0.532. The van der Waals surface area contributed by atoms with Gasteiger partial charge in [-0.3, -0.25) is 14.7 Å². The van der Waals surface area contributed by atoms with Crippen LogP contribution in [0.3, 0.4) is 0 Å². The Morgan fingerprint density at radius 2 is 1.84 bits per heavy atom. The molecule has 2 saturated heterocycles. The molecule has 2 aliphatic heterocycles. The highest BCUT2D eigenvalue weighted by Crippen LogP contribution is 2.19. The summed E-state index contributed by atoms with van der Waals surface area (Å²) in [5, 5.41) is 3.44. The monoisotopic (exact) mass is 429 g/mol. The fraction of sp³-hybridized carbons (Fsp3) is 0.667. The SMILES string of the molecule is CCNC(=NCCc1ccc(C)c(OC)c1)N1CCN(C(C)C(=O)N2CCCC2)CC1. The Morgan fingerprint density at radius 3 is 2.48 bits per heavy atom. The van der Waals surface area contributed by atoms with Crippen LogP contribution in [0.25, 0.3) is 0 Å². The molecule has 7 nitrogen and oxygen atoms in total. The predicted octanol–water partition coefficient (Wildman–Crippen LogP) is 2.14. The van der Waals surface area contributed by atoms with Crippen LogP contribution in [0.2, 0.25) is 0 Å². The molecular formula is C24H39N5O2. The van der Waals surface area contributed by atoms with Gasteiger partial charge in [-0.25, -0.2) is 0 Å². The number of piperazine rings is 1.